The highest BCUT2D eigenvalue weighted by Crippen LogP contribution is 2.25. The van der Waals surface area contributed by atoms with E-state index in [2.05, 4.69) is 0 Å². The summed E-state index contributed by atoms with van der Waals surface area (Å²) in [5.74, 6) is -0.336. The van der Waals surface area contributed by atoms with Crippen LogP contribution in [0, 0.1) is 6.92 Å². The van der Waals surface area contributed by atoms with Crippen molar-refractivity contribution >= 4 is 12.3 Å². The van der Waals surface area contributed by atoms with Crippen molar-refractivity contribution in [3.63, 3.8) is 0 Å². The van der Waals surface area contributed by atoms with Gasteiger partial charge in [-0.2, -0.15) is 0 Å². The lowest BCUT2D eigenvalue weighted by Crippen LogP contribution is -2.28. The number of benzene rings is 1. The van der Waals surface area contributed by atoms with Gasteiger partial charge in [0, 0.05) is 0 Å². The van der Waals surface area contributed by atoms with E-state index in [-0.39, 0.29) is 24.8 Å². The SMILES string of the molecule is COC(=O)c1c(C)cccc1COC1CCCC(OCC=O)C1. The molecule has 0 spiro atoms. The highest BCUT2D eigenvalue weighted by atomic mass is 16.5. The highest BCUT2D eigenvalue weighted by Gasteiger charge is 2.24. The number of aldehydes is 1. The van der Waals surface area contributed by atoms with Crippen molar-refractivity contribution in [1.29, 1.82) is 0 Å². The zero-order valence-corrected chi connectivity index (χ0v) is 13.7. The van der Waals surface area contributed by atoms with Gasteiger partial charge in [-0.3, -0.25) is 0 Å². The Labute approximate surface area is 136 Å². The molecule has 0 amide bonds. The second-order valence-corrected chi connectivity index (χ2v) is 5.82. The Morgan fingerprint density at radius 3 is 2.70 bits per heavy atom. The molecule has 0 aromatic heterocycles. The number of rotatable bonds is 7. The number of hydrogen-bond acceptors (Lipinski definition) is 5. The van der Waals surface area contributed by atoms with Crippen LogP contribution in [0.5, 0.6) is 0 Å². The molecule has 1 aromatic rings. The zero-order valence-electron chi connectivity index (χ0n) is 13.7. The zero-order chi connectivity index (χ0) is 16.7. The van der Waals surface area contributed by atoms with Crippen LogP contribution >= 0.6 is 0 Å². The van der Waals surface area contributed by atoms with Crippen LogP contribution in [0.25, 0.3) is 0 Å². The lowest BCUT2D eigenvalue weighted by atomic mass is 9.94. The molecule has 0 bridgehead atoms. The van der Waals surface area contributed by atoms with Crippen molar-refractivity contribution in [2.75, 3.05) is 13.7 Å². The number of methoxy groups -OCH3 is 1. The molecule has 5 nitrogen and oxygen atoms in total. The lowest BCUT2D eigenvalue weighted by molar-refractivity contribution is -0.116. The summed E-state index contributed by atoms with van der Waals surface area (Å²) >= 11 is 0. The van der Waals surface area contributed by atoms with Gasteiger partial charge in [-0.1, -0.05) is 18.2 Å². The molecule has 1 aliphatic carbocycles. The number of carbonyl (C=O) groups excluding carboxylic acids is 2. The maximum atomic E-state index is 11.9. The number of aryl methyl sites for hydroxylation is 1. The van der Waals surface area contributed by atoms with Crippen LogP contribution in [-0.2, 0) is 25.6 Å². The topological polar surface area (TPSA) is 61.8 Å². The summed E-state index contributed by atoms with van der Waals surface area (Å²) in [6, 6.07) is 5.69. The average molecular weight is 320 g/mol. The second kappa shape index (κ2) is 8.79. The molecule has 126 valence electrons. The third kappa shape index (κ3) is 4.88. The van der Waals surface area contributed by atoms with Gasteiger partial charge >= 0.3 is 5.97 Å². The Bertz CT molecular complexity index is 540. The summed E-state index contributed by atoms with van der Waals surface area (Å²) in [6.07, 6.45) is 4.69. The van der Waals surface area contributed by atoms with Crippen molar-refractivity contribution in [1.82, 2.24) is 0 Å². The van der Waals surface area contributed by atoms with E-state index in [1.54, 1.807) is 0 Å². The van der Waals surface area contributed by atoms with Gasteiger partial charge in [-0.25, -0.2) is 4.79 Å². The van der Waals surface area contributed by atoms with Crippen LogP contribution in [-0.4, -0.2) is 38.2 Å². The van der Waals surface area contributed by atoms with Gasteiger partial charge in [0.2, 0.25) is 0 Å². The molecule has 0 saturated heterocycles. The molecule has 2 atom stereocenters. The minimum absolute atomic E-state index is 0.0801. The Morgan fingerprint density at radius 2 is 2.00 bits per heavy atom. The molecular weight excluding hydrogens is 296 g/mol. The molecule has 1 aliphatic rings. The summed E-state index contributed by atoms with van der Waals surface area (Å²) in [5.41, 5.74) is 2.31. The van der Waals surface area contributed by atoms with E-state index in [0.29, 0.717) is 12.2 Å². The molecule has 0 radical (unpaired) electrons. The highest BCUT2D eigenvalue weighted by molar-refractivity contribution is 5.92. The van der Waals surface area contributed by atoms with Crippen molar-refractivity contribution in [3.8, 4) is 0 Å². The summed E-state index contributed by atoms with van der Waals surface area (Å²) in [5, 5.41) is 0. The predicted molar refractivity (Wildman–Crippen MR) is 85.4 cm³/mol. The standard InChI is InChI=1S/C18H24O5/c1-13-5-3-6-14(17(13)18(20)21-2)12-23-16-8-4-7-15(11-16)22-10-9-19/h3,5-6,9,15-16H,4,7-8,10-12H2,1-2H3. The fourth-order valence-corrected chi connectivity index (χ4v) is 3.03. The number of ether oxygens (including phenoxy) is 3. The van der Waals surface area contributed by atoms with Gasteiger partial charge in [-0.15, -0.1) is 0 Å². The lowest BCUT2D eigenvalue weighted by Gasteiger charge is -2.29. The van der Waals surface area contributed by atoms with E-state index in [1.165, 1.54) is 7.11 Å². The first kappa shape index (κ1) is 17.6. The van der Waals surface area contributed by atoms with Crippen molar-refractivity contribution < 1.29 is 23.8 Å². The Kier molecular flexibility index (Phi) is 6.74. The number of esters is 1. The second-order valence-electron chi connectivity index (χ2n) is 5.82. The Morgan fingerprint density at radius 1 is 1.26 bits per heavy atom. The van der Waals surface area contributed by atoms with Gasteiger partial charge in [0.05, 0.1) is 31.5 Å². The van der Waals surface area contributed by atoms with E-state index in [1.807, 2.05) is 25.1 Å². The molecule has 2 unspecified atom stereocenters. The number of hydrogen-bond donors (Lipinski definition) is 0. The van der Waals surface area contributed by atoms with Crippen molar-refractivity contribution in [3.05, 3.63) is 34.9 Å². The smallest absolute Gasteiger partial charge is 0.338 e. The molecule has 0 heterocycles. The van der Waals surface area contributed by atoms with Crippen LogP contribution in [0.2, 0.25) is 0 Å². The third-order valence-electron chi connectivity index (χ3n) is 4.20. The molecule has 23 heavy (non-hydrogen) atoms. The molecule has 0 N–H and O–H groups in total. The summed E-state index contributed by atoms with van der Waals surface area (Å²) in [7, 11) is 1.38. The largest absolute Gasteiger partial charge is 0.465 e. The van der Waals surface area contributed by atoms with Gasteiger partial charge in [0.1, 0.15) is 12.9 Å². The molecule has 1 aromatic carbocycles. The summed E-state index contributed by atoms with van der Waals surface area (Å²) in [4.78, 5) is 22.3. The molecule has 5 heteroatoms. The fraction of sp³-hybridized carbons (Fsp3) is 0.556. The van der Waals surface area contributed by atoms with Crippen LogP contribution in [0.4, 0.5) is 0 Å². The maximum Gasteiger partial charge on any atom is 0.338 e. The molecular formula is C18H24O5. The quantitative estimate of drug-likeness (QED) is 0.571. The van der Waals surface area contributed by atoms with Gasteiger partial charge < -0.3 is 19.0 Å². The van der Waals surface area contributed by atoms with Crippen molar-refractivity contribution in [2.45, 2.75) is 51.4 Å². The predicted octanol–water partition coefficient (Wildman–Crippen LogP) is 2.82. The van der Waals surface area contributed by atoms with Crippen LogP contribution < -0.4 is 0 Å². The normalized spacial score (nSPS) is 21.0. The monoisotopic (exact) mass is 320 g/mol. The van der Waals surface area contributed by atoms with Gasteiger partial charge in [-0.05, 0) is 43.7 Å². The van der Waals surface area contributed by atoms with E-state index in [4.69, 9.17) is 14.2 Å². The fourth-order valence-electron chi connectivity index (χ4n) is 3.03. The van der Waals surface area contributed by atoms with E-state index < -0.39 is 0 Å². The van der Waals surface area contributed by atoms with Crippen molar-refractivity contribution in [2.24, 2.45) is 0 Å². The van der Waals surface area contributed by atoms with Crippen LogP contribution in [0.15, 0.2) is 18.2 Å². The molecule has 1 fully saturated rings. The summed E-state index contributed by atoms with van der Waals surface area (Å²) < 4.78 is 16.3. The van der Waals surface area contributed by atoms with Gasteiger partial charge in [0.15, 0.2) is 0 Å². The first-order valence-electron chi connectivity index (χ1n) is 7.99. The van der Waals surface area contributed by atoms with E-state index in [0.717, 1.165) is 43.1 Å². The van der Waals surface area contributed by atoms with E-state index in [9.17, 15) is 9.59 Å². The Hall–Kier alpha value is -1.72. The Balaban J connectivity index is 1.96. The average Bonchev–Trinajstić information content (AvgIpc) is 2.58. The van der Waals surface area contributed by atoms with Crippen LogP contribution in [0.3, 0.4) is 0 Å². The third-order valence-corrected chi connectivity index (χ3v) is 4.20. The molecule has 2 rings (SSSR count). The van der Waals surface area contributed by atoms with E-state index >= 15 is 0 Å². The molecule has 0 aliphatic heterocycles. The minimum Gasteiger partial charge on any atom is -0.465 e. The van der Waals surface area contributed by atoms with Gasteiger partial charge in [0.25, 0.3) is 0 Å². The first-order valence-corrected chi connectivity index (χ1v) is 7.99. The maximum absolute atomic E-state index is 11.9. The number of carbonyl (C=O) groups is 2. The van der Waals surface area contributed by atoms with Crippen LogP contribution in [0.1, 0.15) is 47.2 Å². The summed E-state index contributed by atoms with van der Waals surface area (Å²) in [6.45, 7) is 2.40. The first-order chi connectivity index (χ1) is 11.2. The molecule has 1 saturated carbocycles. The minimum atomic E-state index is -0.336.